The Kier molecular flexibility index (Phi) is 10.5. The lowest BCUT2D eigenvalue weighted by Gasteiger charge is -1.95. The summed E-state index contributed by atoms with van der Waals surface area (Å²) in [7, 11) is 0. The van der Waals surface area contributed by atoms with Crippen LogP contribution in [0, 0.1) is 13.8 Å². The Morgan fingerprint density at radius 3 is 2.00 bits per heavy atom. The summed E-state index contributed by atoms with van der Waals surface area (Å²) in [5.41, 5.74) is 0. The first-order valence-corrected chi connectivity index (χ1v) is 5.15. The van der Waals surface area contributed by atoms with Crippen molar-refractivity contribution in [2.24, 2.45) is 0 Å². The molecule has 0 atom stereocenters. The fourth-order valence-electron chi connectivity index (χ4n) is 1.15. The number of hydrogen-bond donors (Lipinski definition) is 0. The van der Waals surface area contributed by atoms with Crippen LogP contribution in [0.2, 0.25) is 0 Å². The quantitative estimate of drug-likeness (QED) is 0.372. The number of allylic oxidation sites excluding steroid dienone is 2. The monoisotopic (exact) mass is 166 g/mol. The highest BCUT2D eigenvalue weighted by Gasteiger charge is 1.85. The van der Waals surface area contributed by atoms with Gasteiger partial charge in [0.2, 0.25) is 0 Å². The third-order valence-electron chi connectivity index (χ3n) is 1.91. The average Bonchev–Trinajstić information content (AvgIpc) is 2.10. The van der Waals surface area contributed by atoms with Gasteiger partial charge in [0.15, 0.2) is 0 Å². The molecule has 0 aliphatic carbocycles. The molecule has 0 saturated heterocycles. The lowest BCUT2D eigenvalue weighted by Crippen LogP contribution is -1.75. The summed E-state index contributed by atoms with van der Waals surface area (Å²) >= 11 is 0. The van der Waals surface area contributed by atoms with E-state index in [0.717, 1.165) is 19.3 Å². The van der Waals surface area contributed by atoms with Gasteiger partial charge in [0.1, 0.15) is 0 Å². The van der Waals surface area contributed by atoms with Crippen molar-refractivity contribution in [1.29, 1.82) is 0 Å². The SMILES string of the molecule is [CH2]CC/C=C/CCCCCC[CH2]. The second kappa shape index (κ2) is 10.7. The zero-order chi connectivity index (χ0) is 9.07. The number of unbranched alkanes of at least 4 members (excludes halogenated alkanes) is 6. The topological polar surface area (TPSA) is 0 Å². The average molecular weight is 166 g/mol. The molecule has 12 heavy (non-hydrogen) atoms. The van der Waals surface area contributed by atoms with E-state index in [0.29, 0.717) is 0 Å². The molecule has 0 aromatic rings. The zero-order valence-electron chi connectivity index (χ0n) is 8.23. The lowest BCUT2D eigenvalue weighted by molar-refractivity contribution is 0.651. The van der Waals surface area contributed by atoms with Crippen LogP contribution in [0.1, 0.15) is 51.4 Å². The Labute approximate surface area is 78.1 Å². The van der Waals surface area contributed by atoms with Gasteiger partial charge >= 0.3 is 0 Å². The van der Waals surface area contributed by atoms with Gasteiger partial charge in [-0.15, -0.1) is 0 Å². The molecule has 0 amide bonds. The van der Waals surface area contributed by atoms with Crippen molar-refractivity contribution >= 4 is 0 Å². The van der Waals surface area contributed by atoms with Crippen LogP contribution < -0.4 is 0 Å². The molecule has 0 fully saturated rings. The van der Waals surface area contributed by atoms with Crippen LogP contribution in [0.25, 0.3) is 0 Å². The second-order valence-electron chi connectivity index (χ2n) is 3.17. The van der Waals surface area contributed by atoms with E-state index in [-0.39, 0.29) is 0 Å². The van der Waals surface area contributed by atoms with E-state index >= 15 is 0 Å². The highest BCUT2D eigenvalue weighted by Crippen LogP contribution is 2.05. The van der Waals surface area contributed by atoms with E-state index in [4.69, 9.17) is 0 Å². The first kappa shape index (κ1) is 11.7. The van der Waals surface area contributed by atoms with E-state index in [9.17, 15) is 0 Å². The Morgan fingerprint density at radius 1 is 0.667 bits per heavy atom. The van der Waals surface area contributed by atoms with Crippen LogP contribution in [-0.2, 0) is 0 Å². The minimum atomic E-state index is 1.03. The van der Waals surface area contributed by atoms with Gasteiger partial charge in [-0.2, -0.15) is 0 Å². The van der Waals surface area contributed by atoms with Crippen molar-refractivity contribution in [3.63, 3.8) is 0 Å². The molecule has 0 unspecified atom stereocenters. The first-order valence-electron chi connectivity index (χ1n) is 5.15. The van der Waals surface area contributed by atoms with E-state index in [2.05, 4.69) is 26.0 Å². The molecule has 0 spiro atoms. The van der Waals surface area contributed by atoms with Gasteiger partial charge in [0.25, 0.3) is 0 Å². The summed E-state index contributed by atoms with van der Waals surface area (Å²) < 4.78 is 0. The largest absolute Gasteiger partial charge is 0.0885 e. The Bertz CT molecular complexity index is 92.2. The lowest BCUT2D eigenvalue weighted by atomic mass is 10.1. The highest BCUT2D eigenvalue weighted by atomic mass is 13.9. The Balaban J connectivity index is 2.90. The third kappa shape index (κ3) is 9.74. The summed E-state index contributed by atoms with van der Waals surface area (Å²) in [6, 6.07) is 0. The second-order valence-corrected chi connectivity index (χ2v) is 3.17. The predicted octanol–water partition coefficient (Wildman–Crippen LogP) is 4.33. The summed E-state index contributed by atoms with van der Waals surface area (Å²) in [5.74, 6) is 0. The summed E-state index contributed by atoms with van der Waals surface area (Å²) in [4.78, 5) is 0. The van der Waals surface area contributed by atoms with Crippen molar-refractivity contribution < 1.29 is 0 Å². The molecule has 0 bridgehead atoms. The fourth-order valence-corrected chi connectivity index (χ4v) is 1.15. The van der Waals surface area contributed by atoms with Gasteiger partial charge < -0.3 is 0 Å². The highest BCUT2D eigenvalue weighted by molar-refractivity contribution is 4.81. The molecule has 0 heteroatoms. The van der Waals surface area contributed by atoms with E-state index in [1.54, 1.807) is 0 Å². The smallest absolute Gasteiger partial charge is 0.0351 e. The van der Waals surface area contributed by atoms with Crippen molar-refractivity contribution in [2.45, 2.75) is 51.4 Å². The number of hydrogen-bond acceptors (Lipinski definition) is 0. The maximum atomic E-state index is 3.82. The van der Waals surface area contributed by atoms with Crippen LogP contribution >= 0.6 is 0 Å². The Hall–Kier alpha value is -0.260. The van der Waals surface area contributed by atoms with Gasteiger partial charge in [-0.3, -0.25) is 0 Å². The first-order chi connectivity index (χ1) is 5.91. The normalized spacial score (nSPS) is 11.2. The maximum Gasteiger partial charge on any atom is -0.0351 e. The van der Waals surface area contributed by atoms with Crippen LogP contribution in [0.15, 0.2) is 12.2 Å². The van der Waals surface area contributed by atoms with Crippen molar-refractivity contribution in [3.05, 3.63) is 26.0 Å². The standard InChI is InChI=1S/C12H22/c1-3-5-7-9-11-12-10-8-6-4-2/h7,9H,1-6,8,10-12H2/b9-7+. The molecule has 0 saturated carbocycles. The van der Waals surface area contributed by atoms with Gasteiger partial charge in [-0.1, -0.05) is 51.7 Å². The van der Waals surface area contributed by atoms with Crippen LogP contribution in [0.4, 0.5) is 0 Å². The number of rotatable bonds is 8. The molecule has 70 valence electrons. The van der Waals surface area contributed by atoms with Crippen molar-refractivity contribution in [3.8, 4) is 0 Å². The van der Waals surface area contributed by atoms with Gasteiger partial charge in [0.05, 0.1) is 0 Å². The minimum Gasteiger partial charge on any atom is -0.0885 e. The van der Waals surface area contributed by atoms with E-state index in [1.807, 2.05) is 0 Å². The molecule has 0 heterocycles. The van der Waals surface area contributed by atoms with E-state index in [1.165, 1.54) is 32.1 Å². The van der Waals surface area contributed by atoms with Crippen molar-refractivity contribution in [2.75, 3.05) is 0 Å². The minimum absolute atomic E-state index is 1.03. The van der Waals surface area contributed by atoms with Gasteiger partial charge in [0, 0.05) is 0 Å². The predicted molar refractivity (Wildman–Crippen MR) is 56.8 cm³/mol. The molecule has 0 rings (SSSR count). The Morgan fingerprint density at radius 2 is 1.33 bits per heavy atom. The molecule has 0 N–H and O–H groups in total. The molecule has 0 aliphatic heterocycles. The zero-order valence-corrected chi connectivity index (χ0v) is 8.23. The summed E-state index contributed by atoms with van der Waals surface area (Å²) in [6.07, 6.45) is 14.4. The summed E-state index contributed by atoms with van der Waals surface area (Å²) in [5, 5.41) is 0. The molecule has 0 aromatic heterocycles. The fraction of sp³-hybridized carbons (Fsp3) is 0.667. The summed E-state index contributed by atoms with van der Waals surface area (Å²) in [6.45, 7) is 7.61. The molecular weight excluding hydrogens is 144 g/mol. The van der Waals surface area contributed by atoms with Crippen molar-refractivity contribution in [1.82, 2.24) is 0 Å². The molecular formula is C12H22. The van der Waals surface area contributed by atoms with Crippen LogP contribution in [0.3, 0.4) is 0 Å². The molecule has 0 aliphatic rings. The molecule has 2 radical (unpaired) electrons. The van der Waals surface area contributed by atoms with Gasteiger partial charge in [-0.05, 0) is 25.7 Å². The third-order valence-corrected chi connectivity index (χ3v) is 1.91. The van der Waals surface area contributed by atoms with Crippen LogP contribution in [-0.4, -0.2) is 0 Å². The van der Waals surface area contributed by atoms with E-state index < -0.39 is 0 Å². The van der Waals surface area contributed by atoms with Gasteiger partial charge in [-0.25, -0.2) is 0 Å². The van der Waals surface area contributed by atoms with Crippen LogP contribution in [0.5, 0.6) is 0 Å². The maximum absolute atomic E-state index is 3.82. The molecule has 0 nitrogen and oxygen atoms in total. The molecule has 0 aromatic carbocycles.